The van der Waals surface area contributed by atoms with Crippen molar-refractivity contribution in [1.82, 2.24) is 4.98 Å². The second-order valence-electron chi connectivity index (χ2n) is 5.88. The van der Waals surface area contributed by atoms with Crippen LogP contribution in [0.5, 0.6) is 0 Å². The smallest absolute Gasteiger partial charge is 0.0941 e. The molecule has 0 unspecified atom stereocenters. The van der Waals surface area contributed by atoms with Crippen molar-refractivity contribution in [1.29, 1.82) is 0 Å². The molecule has 3 heteroatoms. The molecule has 0 saturated heterocycles. The van der Waals surface area contributed by atoms with Crippen molar-refractivity contribution in [2.24, 2.45) is 11.8 Å². The van der Waals surface area contributed by atoms with Gasteiger partial charge in [-0.25, -0.2) is 0 Å². The summed E-state index contributed by atoms with van der Waals surface area (Å²) in [5, 5.41) is 10.3. The van der Waals surface area contributed by atoms with Crippen LogP contribution in [0.4, 0.5) is 0 Å². The first-order chi connectivity index (χ1) is 10.2. The SMILES string of the molecule is CC(C)[C@@H](COCc1ccccc1)C[C@H](O)c1ccc[nH]1. The molecule has 2 N–H and O–H groups in total. The van der Waals surface area contributed by atoms with E-state index in [-0.39, 0.29) is 0 Å². The van der Waals surface area contributed by atoms with Gasteiger partial charge in [0.2, 0.25) is 0 Å². The van der Waals surface area contributed by atoms with Crippen LogP contribution in [0.3, 0.4) is 0 Å². The number of rotatable bonds is 8. The van der Waals surface area contributed by atoms with Crippen LogP contribution in [-0.4, -0.2) is 16.7 Å². The molecule has 0 bridgehead atoms. The number of H-pyrrole nitrogens is 1. The predicted octanol–water partition coefficient (Wildman–Crippen LogP) is 3.93. The first-order valence-electron chi connectivity index (χ1n) is 7.60. The van der Waals surface area contributed by atoms with Gasteiger partial charge in [-0.2, -0.15) is 0 Å². The third kappa shape index (κ3) is 5.03. The molecule has 0 aliphatic heterocycles. The molecule has 2 rings (SSSR count). The van der Waals surface area contributed by atoms with E-state index in [9.17, 15) is 5.11 Å². The standard InChI is InChI=1S/C18H25NO2/c1-14(2)16(11-18(20)17-9-6-10-19-17)13-21-12-15-7-4-3-5-8-15/h3-10,14,16,18-20H,11-13H2,1-2H3/t16-,18+/m1/s1. The molecule has 1 heterocycles. The van der Waals surface area contributed by atoms with E-state index in [1.165, 1.54) is 5.56 Å². The summed E-state index contributed by atoms with van der Waals surface area (Å²) in [6.45, 7) is 5.66. The summed E-state index contributed by atoms with van der Waals surface area (Å²) < 4.78 is 5.84. The Kier molecular flexibility index (Phi) is 6.03. The van der Waals surface area contributed by atoms with E-state index < -0.39 is 6.10 Å². The highest BCUT2D eigenvalue weighted by Gasteiger charge is 2.20. The van der Waals surface area contributed by atoms with E-state index in [2.05, 4.69) is 31.0 Å². The minimum atomic E-state index is -0.451. The van der Waals surface area contributed by atoms with Gasteiger partial charge in [-0.15, -0.1) is 0 Å². The Hall–Kier alpha value is -1.58. The van der Waals surface area contributed by atoms with Gasteiger partial charge in [-0.3, -0.25) is 0 Å². The van der Waals surface area contributed by atoms with E-state index in [1.807, 2.05) is 36.5 Å². The molecule has 1 aromatic carbocycles. The van der Waals surface area contributed by atoms with Crippen LogP contribution in [0.2, 0.25) is 0 Å². The molecule has 0 amide bonds. The molecule has 0 aliphatic carbocycles. The Morgan fingerprint density at radius 3 is 2.48 bits per heavy atom. The maximum atomic E-state index is 10.3. The Balaban J connectivity index is 1.82. The third-order valence-electron chi connectivity index (χ3n) is 3.89. The summed E-state index contributed by atoms with van der Waals surface area (Å²) in [6, 6.07) is 14.0. The molecule has 1 aromatic heterocycles. The quantitative estimate of drug-likeness (QED) is 0.772. The maximum absolute atomic E-state index is 10.3. The van der Waals surface area contributed by atoms with Crippen molar-refractivity contribution in [3.8, 4) is 0 Å². The number of ether oxygens (including phenoxy) is 1. The van der Waals surface area contributed by atoms with Gasteiger partial charge >= 0.3 is 0 Å². The summed E-state index contributed by atoms with van der Waals surface area (Å²) in [6.07, 6.45) is 2.11. The second-order valence-corrected chi connectivity index (χ2v) is 5.88. The van der Waals surface area contributed by atoms with Gasteiger partial charge < -0.3 is 14.8 Å². The van der Waals surface area contributed by atoms with Crippen molar-refractivity contribution in [3.63, 3.8) is 0 Å². The van der Waals surface area contributed by atoms with E-state index >= 15 is 0 Å². The molecule has 0 aliphatic rings. The van der Waals surface area contributed by atoms with Gasteiger partial charge in [0.15, 0.2) is 0 Å². The molecule has 0 spiro atoms. The molecule has 3 nitrogen and oxygen atoms in total. The van der Waals surface area contributed by atoms with E-state index in [4.69, 9.17) is 4.74 Å². The number of aliphatic hydroxyl groups is 1. The lowest BCUT2D eigenvalue weighted by atomic mass is 9.90. The van der Waals surface area contributed by atoms with Gasteiger partial charge in [0.05, 0.1) is 19.3 Å². The number of benzene rings is 1. The first-order valence-corrected chi connectivity index (χ1v) is 7.60. The summed E-state index contributed by atoms with van der Waals surface area (Å²) in [5.41, 5.74) is 2.06. The molecular formula is C18H25NO2. The lowest BCUT2D eigenvalue weighted by molar-refractivity contribution is 0.0411. The van der Waals surface area contributed by atoms with Crippen molar-refractivity contribution < 1.29 is 9.84 Å². The maximum Gasteiger partial charge on any atom is 0.0941 e. The van der Waals surface area contributed by atoms with Crippen molar-refractivity contribution in [2.75, 3.05) is 6.61 Å². The second kappa shape index (κ2) is 8.01. The van der Waals surface area contributed by atoms with Crippen molar-refractivity contribution >= 4 is 0 Å². The highest BCUT2D eigenvalue weighted by atomic mass is 16.5. The highest BCUT2D eigenvalue weighted by Crippen LogP contribution is 2.25. The summed E-state index contributed by atoms with van der Waals surface area (Å²) in [5.74, 6) is 0.817. The minimum absolute atomic E-state index is 0.340. The number of aliphatic hydroxyl groups excluding tert-OH is 1. The van der Waals surface area contributed by atoms with Crippen LogP contribution in [0, 0.1) is 11.8 Å². The molecule has 2 aromatic rings. The zero-order chi connectivity index (χ0) is 15.1. The van der Waals surface area contributed by atoms with E-state index in [0.29, 0.717) is 31.5 Å². The van der Waals surface area contributed by atoms with Crippen molar-refractivity contribution in [2.45, 2.75) is 33.0 Å². The first kappa shape index (κ1) is 15.8. The fourth-order valence-corrected chi connectivity index (χ4v) is 2.40. The average Bonchev–Trinajstić information content (AvgIpc) is 3.01. The number of nitrogens with one attached hydrogen (secondary N) is 1. The molecule has 0 saturated carbocycles. The van der Waals surface area contributed by atoms with Gasteiger partial charge in [-0.05, 0) is 36.0 Å². The molecule has 0 radical (unpaired) electrons. The van der Waals surface area contributed by atoms with Gasteiger partial charge in [0, 0.05) is 11.9 Å². The predicted molar refractivity (Wildman–Crippen MR) is 84.8 cm³/mol. The Bertz CT molecular complexity index is 493. The summed E-state index contributed by atoms with van der Waals surface area (Å²) >= 11 is 0. The number of aromatic amines is 1. The van der Waals surface area contributed by atoms with Crippen LogP contribution in [0.15, 0.2) is 48.7 Å². The monoisotopic (exact) mass is 287 g/mol. The number of hydrogen-bond acceptors (Lipinski definition) is 2. The largest absolute Gasteiger partial charge is 0.387 e. The Labute approximate surface area is 127 Å². The average molecular weight is 287 g/mol. The number of hydrogen-bond donors (Lipinski definition) is 2. The van der Waals surface area contributed by atoms with Gasteiger partial charge in [0.1, 0.15) is 0 Å². The zero-order valence-corrected chi connectivity index (χ0v) is 12.8. The molecular weight excluding hydrogens is 262 g/mol. The lowest BCUT2D eigenvalue weighted by Crippen LogP contribution is -2.19. The van der Waals surface area contributed by atoms with Crippen LogP contribution in [0.1, 0.15) is 37.6 Å². The van der Waals surface area contributed by atoms with Crippen LogP contribution >= 0.6 is 0 Å². The van der Waals surface area contributed by atoms with E-state index in [1.54, 1.807) is 0 Å². The molecule has 2 atom stereocenters. The van der Waals surface area contributed by atoms with Crippen molar-refractivity contribution in [3.05, 3.63) is 59.9 Å². The lowest BCUT2D eigenvalue weighted by Gasteiger charge is -2.23. The zero-order valence-electron chi connectivity index (χ0n) is 12.8. The van der Waals surface area contributed by atoms with E-state index in [0.717, 1.165) is 5.69 Å². The topological polar surface area (TPSA) is 45.2 Å². The fourth-order valence-electron chi connectivity index (χ4n) is 2.40. The Morgan fingerprint density at radius 1 is 1.10 bits per heavy atom. The summed E-state index contributed by atoms with van der Waals surface area (Å²) in [4.78, 5) is 3.07. The van der Waals surface area contributed by atoms with Gasteiger partial charge in [0.25, 0.3) is 0 Å². The van der Waals surface area contributed by atoms with Crippen LogP contribution in [0.25, 0.3) is 0 Å². The molecule has 0 fully saturated rings. The van der Waals surface area contributed by atoms with Crippen LogP contribution in [-0.2, 0) is 11.3 Å². The molecule has 21 heavy (non-hydrogen) atoms. The normalized spacial score (nSPS) is 14.3. The third-order valence-corrected chi connectivity index (χ3v) is 3.89. The number of aromatic nitrogens is 1. The molecule has 114 valence electrons. The van der Waals surface area contributed by atoms with Crippen LogP contribution < -0.4 is 0 Å². The minimum Gasteiger partial charge on any atom is -0.387 e. The Morgan fingerprint density at radius 2 is 1.86 bits per heavy atom. The summed E-state index contributed by atoms with van der Waals surface area (Å²) in [7, 11) is 0. The highest BCUT2D eigenvalue weighted by molar-refractivity contribution is 5.13. The van der Waals surface area contributed by atoms with Gasteiger partial charge in [-0.1, -0.05) is 44.2 Å². The fraction of sp³-hybridized carbons (Fsp3) is 0.444.